The second-order valence-corrected chi connectivity index (χ2v) is 4.68. The smallest absolute Gasteiger partial charge is 0.130 e. The average molecular weight is 231 g/mol. The Bertz CT molecular complexity index is 372. The number of alkyl halides is 1. The molecule has 0 bridgehead atoms. The highest BCUT2D eigenvalue weighted by molar-refractivity contribution is 6.21. The summed E-state index contributed by atoms with van der Waals surface area (Å²) >= 11 is 6.26. The Morgan fingerprint density at radius 3 is 2.53 bits per heavy atom. The molecule has 2 rings (SSSR count). The minimum Gasteiger partial charge on any atom is -0.207 e. The molecule has 1 atom stereocenters. The minimum atomic E-state index is -0.554. The van der Waals surface area contributed by atoms with E-state index < -0.39 is 11.6 Å². The van der Waals surface area contributed by atoms with Gasteiger partial charge in [-0.25, -0.2) is 8.78 Å². The van der Waals surface area contributed by atoms with E-state index in [0.29, 0.717) is 5.56 Å². The molecule has 15 heavy (non-hydrogen) atoms. The molecule has 0 saturated heterocycles. The van der Waals surface area contributed by atoms with Crippen LogP contribution >= 0.6 is 11.6 Å². The van der Waals surface area contributed by atoms with Crippen LogP contribution in [0.2, 0.25) is 0 Å². The third-order valence-electron chi connectivity index (χ3n) is 3.37. The fourth-order valence-electron chi connectivity index (χ4n) is 1.98. The van der Waals surface area contributed by atoms with Gasteiger partial charge in [0.2, 0.25) is 0 Å². The molecule has 1 aliphatic rings. The van der Waals surface area contributed by atoms with Crippen molar-refractivity contribution in [3.63, 3.8) is 0 Å². The molecule has 1 unspecified atom stereocenters. The van der Waals surface area contributed by atoms with Crippen LogP contribution in [0.15, 0.2) is 18.2 Å². The summed E-state index contributed by atoms with van der Waals surface area (Å²) in [5.41, 5.74) is 0.470. The Morgan fingerprint density at radius 2 is 2.07 bits per heavy atom. The fraction of sp³-hybridized carbons (Fsp3) is 0.500. The van der Waals surface area contributed by atoms with Gasteiger partial charge < -0.3 is 0 Å². The molecule has 0 amide bonds. The largest absolute Gasteiger partial charge is 0.207 e. The Balaban J connectivity index is 2.29. The third-order valence-corrected chi connectivity index (χ3v) is 4.07. The van der Waals surface area contributed by atoms with Crippen LogP contribution in [0.1, 0.15) is 37.1 Å². The molecule has 3 heteroatoms. The van der Waals surface area contributed by atoms with Gasteiger partial charge >= 0.3 is 0 Å². The number of hydrogen-bond donors (Lipinski definition) is 0. The highest BCUT2D eigenvalue weighted by Gasteiger charge is 2.48. The van der Waals surface area contributed by atoms with Crippen molar-refractivity contribution in [3.05, 3.63) is 35.4 Å². The lowest BCUT2D eigenvalue weighted by atomic mass is 9.93. The zero-order valence-electron chi connectivity index (χ0n) is 8.56. The molecule has 0 N–H and O–H groups in total. The van der Waals surface area contributed by atoms with Gasteiger partial charge in [-0.2, -0.15) is 0 Å². The molecule has 0 aliphatic heterocycles. The van der Waals surface area contributed by atoms with Crippen LogP contribution in [0, 0.1) is 17.0 Å². The van der Waals surface area contributed by atoms with Crippen LogP contribution in [0.25, 0.3) is 0 Å². The molecule has 82 valence electrons. The quantitative estimate of drug-likeness (QED) is 0.674. The van der Waals surface area contributed by atoms with E-state index in [1.165, 1.54) is 12.1 Å². The van der Waals surface area contributed by atoms with Crippen LogP contribution in [-0.2, 0) is 0 Å². The summed E-state index contributed by atoms with van der Waals surface area (Å²) in [4.78, 5) is 0. The average Bonchev–Trinajstić information content (AvgIpc) is 2.97. The first-order chi connectivity index (χ1) is 7.09. The molecular formula is C12H13ClF2. The summed E-state index contributed by atoms with van der Waals surface area (Å²) in [6, 6.07) is 3.62. The maximum absolute atomic E-state index is 13.5. The maximum atomic E-state index is 13.5. The molecule has 1 saturated carbocycles. The van der Waals surface area contributed by atoms with E-state index in [1.807, 2.05) is 0 Å². The van der Waals surface area contributed by atoms with Crippen LogP contribution in [0.3, 0.4) is 0 Å². The van der Waals surface area contributed by atoms with Gasteiger partial charge in [-0.3, -0.25) is 0 Å². The van der Waals surface area contributed by atoms with Gasteiger partial charge in [0.1, 0.15) is 11.6 Å². The molecule has 0 nitrogen and oxygen atoms in total. The van der Waals surface area contributed by atoms with Crippen molar-refractivity contribution in [2.75, 3.05) is 0 Å². The lowest BCUT2D eigenvalue weighted by molar-refractivity contribution is 0.455. The fourth-order valence-corrected chi connectivity index (χ4v) is 2.53. The molecular weight excluding hydrogens is 218 g/mol. The molecule has 0 spiro atoms. The first kappa shape index (κ1) is 10.9. The van der Waals surface area contributed by atoms with E-state index in [2.05, 4.69) is 6.92 Å². The van der Waals surface area contributed by atoms with Gasteiger partial charge in [0.05, 0.1) is 5.38 Å². The Hall–Kier alpha value is -0.630. The van der Waals surface area contributed by atoms with Gasteiger partial charge in [-0.15, -0.1) is 11.6 Å². The topological polar surface area (TPSA) is 0 Å². The highest BCUT2D eigenvalue weighted by atomic mass is 35.5. The van der Waals surface area contributed by atoms with Crippen molar-refractivity contribution < 1.29 is 8.78 Å². The lowest BCUT2D eigenvalue weighted by Crippen LogP contribution is -2.09. The standard InChI is InChI=1S/C12H13ClF2/c1-2-12(5-6-12)11(13)9-4-3-8(14)7-10(9)15/h3-4,7,11H,2,5-6H2,1H3. The van der Waals surface area contributed by atoms with Crippen molar-refractivity contribution in [2.24, 2.45) is 5.41 Å². The third kappa shape index (κ3) is 1.87. The summed E-state index contributed by atoms with van der Waals surface area (Å²) in [5.74, 6) is -1.09. The number of benzene rings is 1. The molecule has 1 aromatic rings. The predicted molar refractivity (Wildman–Crippen MR) is 56.9 cm³/mol. The van der Waals surface area contributed by atoms with Crippen molar-refractivity contribution in [3.8, 4) is 0 Å². The van der Waals surface area contributed by atoms with Gasteiger partial charge in [-0.05, 0) is 30.7 Å². The predicted octanol–water partition coefficient (Wildman–Crippen LogP) is 4.43. The van der Waals surface area contributed by atoms with Crippen molar-refractivity contribution >= 4 is 11.6 Å². The first-order valence-corrected chi connectivity index (χ1v) is 5.62. The zero-order chi connectivity index (χ0) is 11.1. The molecule has 0 aromatic heterocycles. The number of hydrogen-bond acceptors (Lipinski definition) is 0. The lowest BCUT2D eigenvalue weighted by Gasteiger charge is -2.20. The van der Waals surface area contributed by atoms with Crippen molar-refractivity contribution in [1.82, 2.24) is 0 Å². The van der Waals surface area contributed by atoms with Gasteiger partial charge in [0.15, 0.2) is 0 Å². The summed E-state index contributed by atoms with van der Waals surface area (Å²) in [7, 11) is 0. The first-order valence-electron chi connectivity index (χ1n) is 5.18. The summed E-state index contributed by atoms with van der Waals surface area (Å²) in [6.07, 6.45) is 3.01. The summed E-state index contributed by atoms with van der Waals surface area (Å²) in [6.45, 7) is 2.06. The van der Waals surface area contributed by atoms with Crippen LogP contribution < -0.4 is 0 Å². The van der Waals surface area contributed by atoms with Crippen molar-refractivity contribution in [2.45, 2.75) is 31.6 Å². The number of rotatable bonds is 3. The normalized spacial score (nSPS) is 20.0. The second-order valence-electron chi connectivity index (χ2n) is 4.24. The van der Waals surface area contributed by atoms with E-state index in [4.69, 9.17) is 11.6 Å². The molecule has 0 heterocycles. The Kier molecular flexibility index (Phi) is 2.72. The summed E-state index contributed by atoms with van der Waals surface area (Å²) < 4.78 is 26.2. The van der Waals surface area contributed by atoms with Crippen LogP contribution in [-0.4, -0.2) is 0 Å². The summed E-state index contributed by atoms with van der Waals surface area (Å²) in [5, 5.41) is -0.330. The molecule has 1 fully saturated rings. The van der Waals surface area contributed by atoms with E-state index >= 15 is 0 Å². The van der Waals surface area contributed by atoms with Gasteiger partial charge in [-0.1, -0.05) is 13.0 Å². The monoisotopic (exact) mass is 230 g/mol. The Morgan fingerprint density at radius 1 is 1.40 bits per heavy atom. The number of halogens is 3. The van der Waals surface area contributed by atoms with E-state index in [1.54, 1.807) is 0 Å². The SMILES string of the molecule is CCC1(C(Cl)c2ccc(F)cc2F)CC1. The molecule has 1 aromatic carbocycles. The zero-order valence-corrected chi connectivity index (χ0v) is 9.32. The van der Waals surface area contributed by atoms with E-state index in [-0.39, 0.29) is 10.8 Å². The van der Waals surface area contributed by atoms with Gasteiger partial charge in [0, 0.05) is 11.6 Å². The second kappa shape index (κ2) is 3.75. The van der Waals surface area contributed by atoms with Crippen LogP contribution in [0.5, 0.6) is 0 Å². The molecule has 0 radical (unpaired) electrons. The van der Waals surface area contributed by atoms with E-state index in [9.17, 15) is 8.78 Å². The molecule has 1 aliphatic carbocycles. The van der Waals surface area contributed by atoms with Crippen molar-refractivity contribution in [1.29, 1.82) is 0 Å². The van der Waals surface area contributed by atoms with Crippen LogP contribution in [0.4, 0.5) is 8.78 Å². The minimum absolute atomic E-state index is 0.0419. The highest BCUT2D eigenvalue weighted by Crippen LogP contribution is 2.60. The Labute approximate surface area is 93.2 Å². The van der Waals surface area contributed by atoms with E-state index in [0.717, 1.165) is 25.3 Å². The maximum Gasteiger partial charge on any atom is 0.130 e. The van der Waals surface area contributed by atoms with Gasteiger partial charge in [0.25, 0.3) is 0 Å².